The van der Waals surface area contributed by atoms with E-state index in [9.17, 15) is 4.79 Å². The van der Waals surface area contributed by atoms with Crippen LogP contribution in [-0.4, -0.2) is 19.3 Å². The van der Waals surface area contributed by atoms with Gasteiger partial charge in [0.05, 0.1) is 11.7 Å². The van der Waals surface area contributed by atoms with Gasteiger partial charge >= 0.3 is 0 Å². The van der Waals surface area contributed by atoms with Crippen LogP contribution in [0.25, 0.3) is 16.7 Å². The van der Waals surface area contributed by atoms with Crippen molar-refractivity contribution in [2.45, 2.75) is 26.8 Å². The highest BCUT2D eigenvalue weighted by Crippen LogP contribution is 2.22. The summed E-state index contributed by atoms with van der Waals surface area (Å²) in [5.41, 5.74) is 2.96. The van der Waals surface area contributed by atoms with E-state index in [-0.39, 0.29) is 5.56 Å². The van der Waals surface area contributed by atoms with Gasteiger partial charge in [0.2, 0.25) is 0 Å². The highest BCUT2D eigenvalue weighted by Gasteiger charge is 2.16. The minimum atomic E-state index is -0.197. The molecule has 0 saturated heterocycles. The monoisotopic (exact) mass is 328 g/mol. The molecule has 0 amide bonds. The van der Waals surface area contributed by atoms with E-state index in [1.54, 1.807) is 6.20 Å². The lowest BCUT2D eigenvalue weighted by Gasteiger charge is -2.09. The van der Waals surface area contributed by atoms with E-state index in [1.807, 2.05) is 42.7 Å². The molecule has 3 rings (SSSR count). The Bertz CT molecular complexity index is 938. The van der Waals surface area contributed by atoms with Gasteiger partial charge < -0.3 is 0 Å². The molecule has 118 valence electrons. The van der Waals surface area contributed by atoms with Gasteiger partial charge in [-0.15, -0.1) is 0 Å². The SMILES string of the molecule is C=C(Cl)Cc1nc2c(=O)n(CC)ncc2n1-c1ccc(C)cc1. The molecule has 0 atom stereocenters. The molecule has 6 heteroatoms. The summed E-state index contributed by atoms with van der Waals surface area (Å²) in [7, 11) is 0. The Hall–Kier alpha value is -2.40. The second-order valence-electron chi connectivity index (χ2n) is 5.39. The number of hydrogen-bond donors (Lipinski definition) is 0. The van der Waals surface area contributed by atoms with Crippen LogP contribution in [0.2, 0.25) is 0 Å². The van der Waals surface area contributed by atoms with Crippen molar-refractivity contribution < 1.29 is 0 Å². The van der Waals surface area contributed by atoms with Crippen LogP contribution in [0.5, 0.6) is 0 Å². The molecule has 2 heterocycles. The Kier molecular flexibility index (Phi) is 4.05. The summed E-state index contributed by atoms with van der Waals surface area (Å²) in [6.45, 7) is 8.14. The van der Waals surface area contributed by atoms with E-state index in [4.69, 9.17) is 11.6 Å². The van der Waals surface area contributed by atoms with E-state index < -0.39 is 0 Å². The zero-order valence-electron chi connectivity index (χ0n) is 13.1. The maximum Gasteiger partial charge on any atom is 0.294 e. The second-order valence-corrected chi connectivity index (χ2v) is 5.93. The smallest absolute Gasteiger partial charge is 0.294 e. The topological polar surface area (TPSA) is 52.7 Å². The number of aryl methyl sites for hydroxylation is 2. The molecule has 0 saturated carbocycles. The van der Waals surface area contributed by atoms with Crippen LogP contribution in [0.3, 0.4) is 0 Å². The molecular weight excluding hydrogens is 312 g/mol. The Morgan fingerprint density at radius 3 is 2.61 bits per heavy atom. The number of rotatable bonds is 4. The zero-order valence-corrected chi connectivity index (χ0v) is 13.8. The summed E-state index contributed by atoms with van der Waals surface area (Å²) in [6, 6.07) is 8.01. The second kappa shape index (κ2) is 6.01. The predicted octanol–water partition coefficient (Wildman–Crippen LogP) is 3.21. The Balaban J connectivity index is 2.32. The Labute approximate surface area is 138 Å². The summed E-state index contributed by atoms with van der Waals surface area (Å²) in [5, 5.41) is 4.68. The third-order valence-corrected chi connectivity index (χ3v) is 3.81. The maximum atomic E-state index is 12.5. The molecule has 0 spiro atoms. The number of allylic oxidation sites excluding steroid dienone is 1. The predicted molar refractivity (Wildman–Crippen MR) is 92.2 cm³/mol. The summed E-state index contributed by atoms with van der Waals surface area (Å²) in [5.74, 6) is 0.677. The van der Waals surface area contributed by atoms with Gasteiger partial charge in [-0.2, -0.15) is 5.10 Å². The number of imidazole rings is 1. The zero-order chi connectivity index (χ0) is 16.6. The van der Waals surface area contributed by atoms with Crippen molar-refractivity contribution in [3.05, 3.63) is 63.8 Å². The van der Waals surface area contributed by atoms with Crippen molar-refractivity contribution in [2.75, 3.05) is 0 Å². The third kappa shape index (κ3) is 2.80. The molecule has 0 unspecified atom stereocenters. The Morgan fingerprint density at radius 2 is 2.00 bits per heavy atom. The standard InChI is InChI=1S/C17H17ClN4O/c1-4-21-17(23)16-14(10-19-21)22(15(20-16)9-12(3)18)13-7-5-11(2)6-8-13/h5-8,10H,3-4,9H2,1-2H3. The molecule has 1 aromatic carbocycles. The molecule has 0 N–H and O–H groups in total. The van der Waals surface area contributed by atoms with Crippen molar-refractivity contribution in [3.8, 4) is 5.69 Å². The van der Waals surface area contributed by atoms with Crippen molar-refractivity contribution in [1.29, 1.82) is 0 Å². The number of fused-ring (bicyclic) bond motifs is 1. The van der Waals surface area contributed by atoms with Crippen molar-refractivity contribution in [3.63, 3.8) is 0 Å². The van der Waals surface area contributed by atoms with Crippen LogP contribution in [0.4, 0.5) is 0 Å². The van der Waals surface area contributed by atoms with E-state index in [0.717, 1.165) is 11.3 Å². The fourth-order valence-corrected chi connectivity index (χ4v) is 2.67. The summed E-state index contributed by atoms with van der Waals surface area (Å²) >= 11 is 5.98. The van der Waals surface area contributed by atoms with Gasteiger partial charge in [-0.3, -0.25) is 9.36 Å². The van der Waals surface area contributed by atoms with Crippen LogP contribution < -0.4 is 5.56 Å². The summed E-state index contributed by atoms with van der Waals surface area (Å²) < 4.78 is 3.31. The molecule has 5 nitrogen and oxygen atoms in total. The fourth-order valence-electron chi connectivity index (χ4n) is 2.55. The van der Waals surface area contributed by atoms with E-state index in [1.165, 1.54) is 4.68 Å². The van der Waals surface area contributed by atoms with E-state index in [2.05, 4.69) is 16.7 Å². The lowest BCUT2D eigenvalue weighted by atomic mass is 10.2. The van der Waals surface area contributed by atoms with Crippen LogP contribution >= 0.6 is 11.6 Å². The number of halogens is 1. The highest BCUT2D eigenvalue weighted by atomic mass is 35.5. The van der Waals surface area contributed by atoms with Gasteiger partial charge in [0.25, 0.3) is 5.56 Å². The maximum absolute atomic E-state index is 12.5. The molecule has 2 aromatic heterocycles. The molecule has 0 fully saturated rings. The van der Waals surface area contributed by atoms with Crippen molar-refractivity contribution >= 4 is 22.6 Å². The van der Waals surface area contributed by atoms with Gasteiger partial charge in [-0.1, -0.05) is 35.9 Å². The lowest BCUT2D eigenvalue weighted by Crippen LogP contribution is -2.21. The molecule has 3 aromatic rings. The minimum absolute atomic E-state index is 0.197. The van der Waals surface area contributed by atoms with Gasteiger partial charge in [0, 0.05) is 23.7 Å². The molecule has 0 aliphatic carbocycles. The molecule has 0 aliphatic heterocycles. The molecular formula is C17H17ClN4O. The molecule has 0 radical (unpaired) electrons. The van der Waals surface area contributed by atoms with E-state index in [0.29, 0.717) is 34.9 Å². The first kappa shape index (κ1) is 15.5. The van der Waals surface area contributed by atoms with Gasteiger partial charge in [0.15, 0.2) is 5.52 Å². The van der Waals surface area contributed by atoms with Crippen LogP contribution in [0.1, 0.15) is 18.3 Å². The summed E-state index contributed by atoms with van der Waals surface area (Å²) in [6.07, 6.45) is 2.06. The summed E-state index contributed by atoms with van der Waals surface area (Å²) in [4.78, 5) is 17.0. The van der Waals surface area contributed by atoms with Crippen LogP contribution in [-0.2, 0) is 13.0 Å². The first-order valence-electron chi connectivity index (χ1n) is 7.39. The van der Waals surface area contributed by atoms with Gasteiger partial charge in [-0.25, -0.2) is 9.67 Å². The average Bonchev–Trinajstić information content (AvgIpc) is 2.87. The number of hydrogen-bond acceptors (Lipinski definition) is 3. The van der Waals surface area contributed by atoms with Crippen LogP contribution in [0, 0.1) is 6.92 Å². The highest BCUT2D eigenvalue weighted by molar-refractivity contribution is 6.29. The Morgan fingerprint density at radius 1 is 1.30 bits per heavy atom. The van der Waals surface area contributed by atoms with Gasteiger partial charge in [-0.05, 0) is 26.0 Å². The van der Waals surface area contributed by atoms with E-state index >= 15 is 0 Å². The fraction of sp³-hybridized carbons (Fsp3) is 0.235. The lowest BCUT2D eigenvalue weighted by molar-refractivity contribution is 0.621. The average molecular weight is 329 g/mol. The first-order valence-corrected chi connectivity index (χ1v) is 7.76. The normalized spacial score (nSPS) is 11.1. The largest absolute Gasteiger partial charge is 0.294 e. The van der Waals surface area contributed by atoms with Crippen LogP contribution in [0.15, 0.2) is 46.9 Å². The number of nitrogens with zero attached hydrogens (tertiary/aromatic N) is 4. The van der Waals surface area contributed by atoms with Crippen molar-refractivity contribution in [2.24, 2.45) is 0 Å². The quantitative estimate of drug-likeness (QED) is 0.739. The number of aromatic nitrogens is 4. The first-order chi connectivity index (χ1) is 11.0. The number of benzene rings is 1. The molecule has 0 bridgehead atoms. The minimum Gasteiger partial charge on any atom is -0.294 e. The van der Waals surface area contributed by atoms with Gasteiger partial charge in [0.1, 0.15) is 5.82 Å². The third-order valence-electron chi connectivity index (χ3n) is 3.68. The molecule has 0 aliphatic rings. The molecule has 23 heavy (non-hydrogen) atoms. The van der Waals surface area contributed by atoms with Crippen molar-refractivity contribution in [1.82, 2.24) is 19.3 Å².